The SMILES string of the molecule is CCc1nc(C(=O)N(CC2CC2)C(C)C)n[nH]1. The van der Waals surface area contributed by atoms with Crippen LogP contribution in [-0.2, 0) is 6.42 Å². The largest absolute Gasteiger partial charge is 0.333 e. The Morgan fingerprint density at radius 3 is 2.71 bits per heavy atom. The van der Waals surface area contributed by atoms with Crippen molar-refractivity contribution in [2.75, 3.05) is 6.54 Å². The van der Waals surface area contributed by atoms with Gasteiger partial charge in [-0.15, -0.1) is 5.10 Å². The number of nitrogens with one attached hydrogen (secondary N) is 1. The molecule has 0 spiro atoms. The Bertz CT molecular complexity index is 395. The van der Waals surface area contributed by atoms with Crippen molar-refractivity contribution in [1.82, 2.24) is 20.1 Å². The van der Waals surface area contributed by atoms with E-state index in [2.05, 4.69) is 15.2 Å². The van der Waals surface area contributed by atoms with Crippen LogP contribution in [0.5, 0.6) is 0 Å². The van der Waals surface area contributed by atoms with Gasteiger partial charge in [0.25, 0.3) is 5.91 Å². The Labute approximate surface area is 102 Å². The number of aromatic amines is 1. The number of nitrogens with zero attached hydrogens (tertiary/aromatic N) is 3. The summed E-state index contributed by atoms with van der Waals surface area (Å²) in [6.45, 7) is 6.90. The fraction of sp³-hybridized carbons (Fsp3) is 0.750. The van der Waals surface area contributed by atoms with Crippen LogP contribution >= 0.6 is 0 Å². The van der Waals surface area contributed by atoms with Crippen LogP contribution < -0.4 is 0 Å². The van der Waals surface area contributed by atoms with E-state index in [4.69, 9.17) is 0 Å². The number of hydrogen-bond donors (Lipinski definition) is 1. The summed E-state index contributed by atoms with van der Waals surface area (Å²) in [6, 6.07) is 0.201. The number of carbonyl (C=O) groups excluding carboxylic acids is 1. The molecule has 0 bridgehead atoms. The molecule has 0 aliphatic heterocycles. The molecule has 17 heavy (non-hydrogen) atoms. The Morgan fingerprint density at radius 1 is 1.53 bits per heavy atom. The van der Waals surface area contributed by atoms with Crippen LogP contribution in [0.1, 0.15) is 50.1 Å². The van der Waals surface area contributed by atoms with Gasteiger partial charge in [-0.3, -0.25) is 9.89 Å². The van der Waals surface area contributed by atoms with E-state index in [1.54, 1.807) is 0 Å². The van der Waals surface area contributed by atoms with Gasteiger partial charge >= 0.3 is 0 Å². The Kier molecular flexibility index (Phi) is 3.45. The number of hydrogen-bond acceptors (Lipinski definition) is 3. The van der Waals surface area contributed by atoms with E-state index in [0.29, 0.717) is 11.7 Å². The van der Waals surface area contributed by atoms with Gasteiger partial charge in [-0.1, -0.05) is 6.92 Å². The maximum absolute atomic E-state index is 12.3. The number of H-pyrrole nitrogens is 1. The molecule has 1 fully saturated rings. The van der Waals surface area contributed by atoms with Gasteiger partial charge in [0.1, 0.15) is 5.82 Å². The molecule has 1 heterocycles. The maximum Gasteiger partial charge on any atom is 0.293 e. The minimum atomic E-state index is -0.0529. The quantitative estimate of drug-likeness (QED) is 0.845. The highest BCUT2D eigenvalue weighted by Crippen LogP contribution is 2.30. The summed E-state index contributed by atoms with van der Waals surface area (Å²) in [5.41, 5.74) is 0. The zero-order valence-corrected chi connectivity index (χ0v) is 10.7. The average molecular weight is 236 g/mol. The Morgan fingerprint density at radius 2 is 2.24 bits per heavy atom. The van der Waals surface area contributed by atoms with Gasteiger partial charge in [-0.25, -0.2) is 4.98 Å². The predicted molar refractivity (Wildman–Crippen MR) is 64.7 cm³/mol. The summed E-state index contributed by atoms with van der Waals surface area (Å²) in [7, 11) is 0. The first-order valence-corrected chi connectivity index (χ1v) is 6.34. The number of aromatic nitrogens is 3. The number of rotatable bonds is 5. The molecule has 1 aromatic heterocycles. The van der Waals surface area contributed by atoms with E-state index >= 15 is 0 Å². The molecule has 0 atom stereocenters. The van der Waals surface area contributed by atoms with Crippen LogP contribution in [0.4, 0.5) is 0 Å². The molecule has 5 nitrogen and oxygen atoms in total. The van der Waals surface area contributed by atoms with Crippen LogP contribution in [0.15, 0.2) is 0 Å². The van der Waals surface area contributed by atoms with Crippen molar-refractivity contribution in [1.29, 1.82) is 0 Å². The fourth-order valence-corrected chi connectivity index (χ4v) is 1.78. The van der Waals surface area contributed by atoms with Crippen molar-refractivity contribution in [3.05, 3.63) is 11.6 Å². The molecule has 1 N–H and O–H groups in total. The molecule has 1 aliphatic carbocycles. The van der Waals surface area contributed by atoms with Crippen molar-refractivity contribution < 1.29 is 4.79 Å². The molecule has 0 saturated heterocycles. The lowest BCUT2D eigenvalue weighted by Crippen LogP contribution is -2.39. The van der Waals surface area contributed by atoms with Crippen molar-refractivity contribution in [2.45, 2.75) is 46.1 Å². The molecule has 1 aromatic rings. The molecular formula is C12H20N4O. The van der Waals surface area contributed by atoms with Crippen LogP contribution in [0.2, 0.25) is 0 Å². The van der Waals surface area contributed by atoms with Crippen LogP contribution in [0, 0.1) is 5.92 Å². The van der Waals surface area contributed by atoms with Crippen molar-refractivity contribution in [3.63, 3.8) is 0 Å². The molecule has 94 valence electrons. The van der Waals surface area contributed by atoms with Gasteiger partial charge in [0.15, 0.2) is 0 Å². The first-order valence-electron chi connectivity index (χ1n) is 6.34. The monoisotopic (exact) mass is 236 g/mol. The molecule has 1 amide bonds. The molecule has 1 aliphatic rings. The predicted octanol–water partition coefficient (Wildman–Crippen LogP) is 1.63. The molecule has 2 rings (SSSR count). The Hall–Kier alpha value is -1.39. The first kappa shape index (κ1) is 12.1. The van der Waals surface area contributed by atoms with E-state index < -0.39 is 0 Å². The zero-order chi connectivity index (χ0) is 12.4. The van der Waals surface area contributed by atoms with Gasteiger partial charge in [0.05, 0.1) is 0 Å². The number of amides is 1. The molecule has 5 heteroatoms. The summed E-state index contributed by atoms with van der Waals surface area (Å²) < 4.78 is 0. The minimum absolute atomic E-state index is 0.0529. The third-order valence-electron chi connectivity index (χ3n) is 3.09. The van der Waals surface area contributed by atoms with E-state index in [1.807, 2.05) is 25.7 Å². The second kappa shape index (κ2) is 4.85. The summed E-state index contributed by atoms with van der Waals surface area (Å²) in [6.07, 6.45) is 3.25. The molecular weight excluding hydrogens is 216 g/mol. The van der Waals surface area contributed by atoms with Crippen LogP contribution in [0.3, 0.4) is 0 Å². The van der Waals surface area contributed by atoms with Crippen molar-refractivity contribution in [2.24, 2.45) is 5.92 Å². The second-order valence-electron chi connectivity index (χ2n) is 4.95. The average Bonchev–Trinajstić information content (AvgIpc) is 2.99. The highest BCUT2D eigenvalue weighted by Gasteiger charge is 2.30. The number of aryl methyl sites for hydroxylation is 1. The van der Waals surface area contributed by atoms with E-state index in [0.717, 1.165) is 18.8 Å². The summed E-state index contributed by atoms with van der Waals surface area (Å²) >= 11 is 0. The van der Waals surface area contributed by atoms with E-state index in [1.165, 1.54) is 12.8 Å². The maximum atomic E-state index is 12.3. The zero-order valence-electron chi connectivity index (χ0n) is 10.7. The van der Waals surface area contributed by atoms with Crippen LogP contribution in [-0.4, -0.2) is 38.6 Å². The third kappa shape index (κ3) is 2.84. The van der Waals surface area contributed by atoms with Gasteiger partial charge in [0, 0.05) is 19.0 Å². The van der Waals surface area contributed by atoms with E-state index in [9.17, 15) is 4.79 Å². The summed E-state index contributed by atoms with van der Waals surface area (Å²) in [5.74, 6) is 1.70. The first-order chi connectivity index (χ1) is 8.11. The molecule has 1 saturated carbocycles. The molecule has 0 radical (unpaired) electrons. The third-order valence-corrected chi connectivity index (χ3v) is 3.09. The topological polar surface area (TPSA) is 61.9 Å². The fourth-order valence-electron chi connectivity index (χ4n) is 1.78. The lowest BCUT2D eigenvalue weighted by atomic mass is 10.2. The van der Waals surface area contributed by atoms with Crippen molar-refractivity contribution >= 4 is 5.91 Å². The molecule has 0 aromatic carbocycles. The number of carbonyl (C=O) groups is 1. The van der Waals surface area contributed by atoms with E-state index in [-0.39, 0.29) is 11.9 Å². The molecule has 0 unspecified atom stereocenters. The lowest BCUT2D eigenvalue weighted by Gasteiger charge is -2.25. The smallest absolute Gasteiger partial charge is 0.293 e. The van der Waals surface area contributed by atoms with Gasteiger partial charge in [-0.2, -0.15) is 0 Å². The Balaban J connectivity index is 2.08. The van der Waals surface area contributed by atoms with Crippen molar-refractivity contribution in [3.8, 4) is 0 Å². The summed E-state index contributed by atoms with van der Waals surface area (Å²) in [5, 5.41) is 6.78. The lowest BCUT2D eigenvalue weighted by molar-refractivity contribution is 0.0684. The second-order valence-corrected chi connectivity index (χ2v) is 4.95. The minimum Gasteiger partial charge on any atom is -0.333 e. The van der Waals surface area contributed by atoms with Gasteiger partial charge in [0.2, 0.25) is 5.82 Å². The highest BCUT2D eigenvalue weighted by molar-refractivity contribution is 5.90. The standard InChI is InChI=1S/C12H20N4O/c1-4-10-13-11(15-14-10)12(17)16(8(2)3)7-9-5-6-9/h8-9H,4-7H2,1-3H3,(H,13,14,15). The van der Waals surface area contributed by atoms with Gasteiger partial charge in [-0.05, 0) is 32.6 Å². The van der Waals surface area contributed by atoms with Gasteiger partial charge < -0.3 is 4.90 Å². The van der Waals surface area contributed by atoms with Crippen LogP contribution in [0.25, 0.3) is 0 Å². The summed E-state index contributed by atoms with van der Waals surface area (Å²) in [4.78, 5) is 18.3. The normalized spacial score (nSPS) is 15.3. The highest BCUT2D eigenvalue weighted by atomic mass is 16.2.